The van der Waals surface area contributed by atoms with Crippen molar-refractivity contribution in [1.82, 2.24) is 19.8 Å². The number of amides is 4. The van der Waals surface area contributed by atoms with Crippen LogP contribution in [0.2, 0.25) is 0 Å². The number of urea groups is 2. The van der Waals surface area contributed by atoms with Gasteiger partial charge in [-0.15, -0.1) is 0 Å². The van der Waals surface area contributed by atoms with Gasteiger partial charge in [0.25, 0.3) is 0 Å². The molecule has 2 saturated carbocycles. The van der Waals surface area contributed by atoms with Gasteiger partial charge >= 0.3 is 12.1 Å². The number of benzene rings is 2. The van der Waals surface area contributed by atoms with E-state index in [-0.39, 0.29) is 35.3 Å². The number of carbonyl (C=O) groups is 2. The van der Waals surface area contributed by atoms with E-state index in [1.165, 1.54) is 0 Å². The van der Waals surface area contributed by atoms with Crippen LogP contribution in [-0.2, 0) is 9.47 Å². The summed E-state index contributed by atoms with van der Waals surface area (Å²) in [6, 6.07) is 20.6. The topological polar surface area (TPSA) is 180 Å². The highest BCUT2D eigenvalue weighted by Crippen LogP contribution is 2.39. The van der Waals surface area contributed by atoms with Gasteiger partial charge in [-0.05, 0) is 160 Å². The maximum Gasteiger partial charge on any atom is 0.321 e. The van der Waals surface area contributed by atoms with Crippen LogP contribution in [0.3, 0.4) is 0 Å². The first-order valence-electron chi connectivity index (χ1n) is 26.6. The van der Waals surface area contributed by atoms with Crippen molar-refractivity contribution in [3.8, 4) is 22.3 Å². The SMILES string of the molecule is CC[C@@H]1CCN(C(=O)Nc2ccc(C)c(-c3cc(NC4(C)CC(O)C4)nc(N4CCOCC4)c3)c2)C1.CC[C@@H]1CCN(C(=O)Nc2ccc(C)c(-c3cc(NC4(C)CC(O)C4)nc(N4CCOCC4)c3)c2)C1. The first-order chi connectivity index (χ1) is 34.6. The third-order valence-electron chi connectivity index (χ3n) is 15.8. The third kappa shape index (κ3) is 12.4. The van der Waals surface area contributed by atoms with Crippen LogP contribution < -0.4 is 31.1 Å². The first kappa shape index (κ1) is 51.2. The van der Waals surface area contributed by atoms with E-state index < -0.39 is 0 Å². The van der Waals surface area contributed by atoms with Crippen LogP contribution in [0.1, 0.15) is 90.2 Å². The second kappa shape index (κ2) is 22.2. The number of pyridine rings is 2. The van der Waals surface area contributed by atoms with E-state index >= 15 is 0 Å². The van der Waals surface area contributed by atoms with Crippen molar-refractivity contribution < 1.29 is 29.3 Å². The van der Waals surface area contributed by atoms with Gasteiger partial charge in [0, 0.05) is 74.8 Å². The highest BCUT2D eigenvalue weighted by molar-refractivity contribution is 5.92. The summed E-state index contributed by atoms with van der Waals surface area (Å²) in [5.41, 5.74) is 7.79. The fraction of sp³-hybridized carbons (Fsp3) is 0.571. The minimum absolute atomic E-state index is 0.0247. The monoisotopic (exact) mass is 987 g/mol. The average Bonchev–Trinajstić information content (AvgIpc) is 4.06. The minimum atomic E-state index is -0.254. The normalized spacial score (nSPS) is 26.0. The van der Waals surface area contributed by atoms with Crippen molar-refractivity contribution in [3.63, 3.8) is 0 Å². The van der Waals surface area contributed by atoms with Gasteiger partial charge in [0.1, 0.15) is 23.3 Å². The summed E-state index contributed by atoms with van der Waals surface area (Å²) in [6.07, 6.45) is 6.71. The van der Waals surface area contributed by atoms with E-state index in [9.17, 15) is 19.8 Å². The van der Waals surface area contributed by atoms with Gasteiger partial charge in [-0.3, -0.25) is 0 Å². The molecule has 72 heavy (non-hydrogen) atoms. The highest BCUT2D eigenvalue weighted by atomic mass is 16.5. The molecule has 0 unspecified atom stereocenters. The second-order valence-corrected chi connectivity index (χ2v) is 21.8. The Kier molecular flexibility index (Phi) is 15.8. The Morgan fingerprint density at radius 2 is 0.986 bits per heavy atom. The van der Waals surface area contributed by atoms with Gasteiger partial charge in [0.05, 0.1) is 38.6 Å². The molecular weight excluding hydrogens is 909 g/mol. The lowest BCUT2D eigenvalue weighted by molar-refractivity contribution is 0.0416. The lowest BCUT2D eigenvalue weighted by Gasteiger charge is -2.43. The molecule has 6 fully saturated rings. The summed E-state index contributed by atoms with van der Waals surface area (Å²) < 4.78 is 11.1. The molecule has 6 N–H and O–H groups in total. The number of aliphatic hydroxyl groups is 2. The highest BCUT2D eigenvalue weighted by Gasteiger charge is 2.41. The molecule has 4 amide bonds. The predicted molar refractivity (Wildman–Crippen MR) is 287 cm³/mol. The summed E-state index contributed by atoms with van der Waals surface area (Å²) >= 11 is 0. The summed E-state index contributed by atoms with van der Waals surface area (Å²) in [4.78, 5) is 44.1. The van der Waals surface area contributed by atoms with Gasteiger partial charge < -0.3 is 60.6 Å². The van der Waals surface area contributed by atoms with Crippen LogP contribution in [0.4, 0.5) is 44.2 Å². The number of aromatic nitrogens is 2. The molecule has 4 saturated heterocycles. The molecule has 2 aromatic heterocycles. The summed E-state index contributed by atoms with van der Waals surface area (Å²) in [6.45, 7) is 22.1. The number of morpholine rings is 2. The fourth-order valence-corrected chi connectivity index (χ4v) is 11.3. The van der Waals surface area contributed by atoms with Crippen LogP contribution in [0.5, 0.6) is 0 Å². The quantitative estimate of drug-likeness (QED) is 0.0795. The van der Waals surface area contributed by atoms with Crippen LogP contribution in [-0.4, -0.2) is 144 Å². The molecule has 6 aliphatic rings. The molecule has 2 aliphatic carbocycles. The Balaban J connectivity index is 0.000000178. The number of likely N-dealkylation sites (tertiary alicyclic amines) is 2. The zero-order valence-electron chi connectivity index (χ0n) is 43.4. The lowest BCUT2D eigenvalue weighted by atomic mass is 9.76. The van der Waals surface area contributed by atoms with Gasteiger partial charge in [-0.25, -0.2) is 19.6 Å². The molecule has 4 aromatic rings. The van der Waals surface area contributed by atoms with Gasteiger partial charge in [-0.2, -0.15) is 0 Å². The Labute approximate surface area is 426 Å². The van der Waals surface area contributed by atoms with E-state index in [4.69, 9.17) is 19.4 Å². The first-order valence-corrected chi connectivity index (χ1v) is 26.6. The molecule has 16 heteroatoms. The molecule has 388 valence electrons. The number of aryl methyl sites for hydroxylation is 2. The second-order valence-electron chi connectivity index (χ2n) is 21.8. The molecule has 2 aromatic carbocycles. The molecule has 0 spiro atoms. The standard InChI is InChI=1S/2C28H39N5O3/c2*1-4-20-7-8-33(18-20)27(35)29-22-6-5-19(2)24(15-22)21-13-25(31-28(3)16-23(34)17-28)30-26(14-21)32-9-11-36-12-10-32/h2*5-6,13-15,20,23,34H,4,7-12,16-18H2,1-3H3,(H,29,35)(H,30,31)/t2*20-,23?,28?/m11/s1. The Morgan fingerprint density at radius 1 is 0.597 bits per heavy atom. The Hall–Kier alpha value is -5.68. The largest absolute Gasteiger partial charge is 0.393 e. The van der Waals surface area contributed by atoms with E-state index in [1.807, 2.05) is 21.9 Å². The van der Waals surface area contributed by atoms with Crippen molar-refractivity contribution in [2.24, 2.45) is 11.8 Å². The van der Waals surface area contributed by atoms with Crippen molar-refractivity contribution in [2.45, 2.75) is 116 Å². The lowest BCUT2D eigenvalue weighted by Crippen LogP contribution is -2.50. The summed E-state index contributed by atoms with van der Waals surface area (Å²) in [5, 5.41) is 33.2. The number of anilines is 6. The van der Waals surface area contributed by atoms with E-state index in [1.54, 1.807) is 0 Å². The number of nitrogens with one attached hydrogen (secondary N) is 4. The van der Waals surface area contributed by atoms with Crippen molar-refractivity contribution in [3.05, 3.63) is 71.8 Å². The number of carbonyl (C=O) groups excluding carboxylic acids is 2. The summed E-state index contributed by atoms with van der Waals surface area (Å²) in [7, 11) is 0. The van der Waals surface area contributed by atoms with Gasteiger partial charge in [0.15, 0.2) is 0 Å². The maximum atomic E-state index is 12.9. The number of hydrogen-bond donors (Lipinski definition) is 6. The van der Waals surface area contributed by atoms with Crippen LogP contribution in [0.15, 0.2) is 60.7 Å². The van der Waals surface area contributed by atoms with Crippen molar-refractivity contribution in [2.75, 3.05) is 110 Å². The van der Waals surface area contributed by atoms with Gasteiger partial charge in [-0.1, -0.05) is 38.8 Å². The maximum absolute atomic E-state index is 12.9. The molecule has 0 bridgehead atoms. The predicted octanol–water partition coefficient (Wildman–Crippen LogP) is 8.97. The number of hydrogen-bond acceptors (Lipinski definition) is 12. The van der Waals surface area contributed by atoms with E-state index in [0.29, 0.717) is 63.9 Å². The van der Waals surface area contributed by atoms with E-state index in [2.05, 4.69) is 121 Å². The molecule has 2 atom stereocenters. The van der Waals surface area contributed by atoms with Crippen LogP contribution in [0, 0.1) is 25.7 Å². The number of aliphatic hydroxyl groups excluding tert-OH is 2. The Morgan fingerprint density at radius 3 is 1.33 bits per heavy atom. The zero-order chi connectivity index (χ0) is 50.6. The fourth-order valence-electron chi connectivity index (χ4n) is 11.3. The molecule has 6 heterocycles. The van der Waals surface area contributed by atoms with Crippen LogP contribution >= 0.6 is 0 Å². The number of nitrogens with zero attached hydrogens (tertiary/aromatic N) is 6. The zero-order valence-corrected chi connectivity index (χ0v) is 43.4. The number of rotatable bonds is 12. The average molecular weight is 987 g/mol. The molecule has 16 nitrogen and oxygen atoms in total. The van der Waals surface area contributed by atoms with Crippen molar-refractivity contribution >= 4 is 46.7 Å². The molecular formula is C56H78N10O6. The van der Waals surface area contributed by atoms with E-state index in [0.717, 1.165) is 146 Å². The number of ether oxygens (including phenoxy) is 2. The summed E-state index contributed by atoms with van der Waals surface area (Å²) in [5.74, 6) is 4.64. The van der Waals surface area contributed by atoms with Crippen molar-refractivity contribution in [1.29, 1.82) is 0 Å². The van der Waals surface area contributed by atoms with Gasteiger partial charge in [0.2, 0.25) is 0 Å². The molecule has 10 rings (SSSR count). The van der Waals surface area contributed by atoms with Crippen LogP contribution in [0.25, 0.3) is 22.3 Å². The molecule has 4 aliphatic heterocycles. The molecule has 0 radical (unpaired) electrons. The Bertz CT molecular complexity index is 2360. The smallest absolute Gasteiger partial charge is 0.321 e. The third-order valence-corrected chi connectivity index (χ3v) is 15.8. The minimum Gasteiger partial charge on any atom is -0.393 e.